The zero-order valence-electron chi connectivity index (χ0n) is 9.80. The highest BCUT2D eigenvalue weighted by Crippen LogP contribution is 2.18. The van der Waals surface area contributed by atoms with Crippen molar-refractivity contribution in [2.75, 3.05) is 13.7 Å². The summed E-state index contributed by atoms with van der Waals surface area (Å²) < 4.78 is 4.59. The van der Waals surface area contributed by atoms with E-state index >= 15 is 0 Å². The third-order valence-corrected chi connectivity index (χ3v) is 2.70. The lowest BCUT2D eigenvalue weighted by Crippen LogP contribution is -2.50. The quantitative estimate of drug-likeness (QED) is 0.670. The number of carbonyl (C=O) groups excluding carboxylic acids is 2. The van der Waals surface area contributed by atoms with Crippen LogP contribution >= 0.6 is 0 Å². The van der Waals surface area contributed by atoms with E-state index in [1.807, 2.05) is 0 Å². The highest BCUT2D eigenvalue weighted by atomic mass is 16.5. The van der Waals surface area contributed by atoms with Crippen LogP contribution < -0.4 is 5.32 Å². The van der Waals surface area contributed by atoms with E-state index in [1.54, 1.807) is 0 Å². The number of methoxy groups -OCH3 is 1. The van der Waals surface area contributed by atoms with Crippen molar-refractivity contribution in [3.05, 3.63) is 0 Å². The molecule has 0 bridgehead atoms. The molecule has 7 nitrogen and oxygen atoms in total. The van der Waals surface area contributed by atoms with Gasteiger partial charge in [-0.1, -0.05) is 0 Å². The molecule has 2 atom stereocenters. The Balaban J connectivity index is 2.62. The van der Waals surface area contributed by atoms with Crippen LogP contribution in [-0.4, -0.2) is 53.7 Å². The van der Waals surface area contributed by atoms with Gasteiger partial charge in [-0.05, 0) is 19.8 Å². The fraction of sp³-hybridized carbons (Fsp3) is 0.700. The number of hydrogen-bond acceptors (Lipinski definition) is 4. The number of ether oxygens (including phenoxy) is 1. The summed E-state index contributed by atoms with van der Waals surface area (Å²) in [5.74, 6) is -1.59. The van der Waals surface area contributed by atoms with Crippen LogP contribution in [0.4, 0.5) is 4.79 Å². The first kappa shape index (κ1) is 13.3. The predicted molar refractivity (Wildman–Crippen MR) is 57.4 cm³/mol. The van der Waals surface area contributed by atoms with E-state index in [9.17, 15) is 14.4 Å². The van der Waals surface area contributed by atoms with Crippen LogP contribution in [0, 0.1) is 0 Å². The molecule has 1 saturated heterocycles. The highest BCUT2D eigenvalue weighted by Gasteiger charge is 2.35. The Bertz CT molecular complexity index is 331. The van der Waals surface area contributed by atoms with E-state index in [4.69, 9.17) is 5.11 Å². The van der Waals surface area contributed by atoms with Crippen molar-refractivity contribution in [3.63, 3.8) is 0 Å². The van der Waals surface area contributed by atoms with E-state index in [0.717, 1.165) is 0 Å². The van der Waals surface area contributed by atoms with Crippen molar-refractivity contribution < 1.29 is 24.2 Å². The number of carboxylic acids is 1. The number of nitrogens with one attached hydrogen (secondary N) is 1. The number of carbonyl (C=O) groups is 3. The molecule has 1 aliphatic heterocycles. The van der Waals surface area contributed by atoms with Gasteiger partial charge in [0.25, 0.3) is 0 Å². The minimum atomic E-state index is -1.12. The largest absolute Gasteiger partial charge is 0.480 e. The summed E-state index contributed by atoms with van der Waals surface area (Å²) in [5.41, 5.74) is 0. The second kappa shape index (κ2) is 5.51. The summed E-state index contributed by atoms with van der Waals surface area (Å²) in [5, 5.41) is 11.0. The molecular formula is C10H16N2O5. The van der Waals surface area contributed by atoms with Gasteiger partial charge in [-0.3, -0.25) is 4.79 Å². The summed E-state index contributed by atoms with van der Waals surface area (Å²) in [6.45, 7) is 1.79. The molecule has 0 aromatic heterocycles. The number of hydrogen-bond donors (Lipinski definition) is 2. The second-order valence-electron chi connectivity index (χ2n) is 3.88. The monoisotopic (exact) mass is 244 g/mol. The lowest BCUT2D eigenvalue weighted by atomic mass is 10.2. The molecule has 1 aliphatic rings. The standard InChI is InChI=1S/C10H16N2O5/c1-6(8(13)14)11-10(16)12-5-3-4-7(12)9(15)17-2/h6-7H,3-5H2,1-2H3,(H,11,16)(H,13,14)/t6-,7?/m1/s1. The molecule has 0 aromatic carbocycles. The molecule has 0 aromatic rings. The Kier molecular flexibility index (Phi) is 4.30. The zero-order chi connectivity index (χ0) is 13.0. The van der Waals surface area contributed by atoms with Crippen LogP contribution in [0.5, 0.6) is 0 Å². The van der Waals surface area contributed by atoms with E-state index in [-0.39, 0.29) is 0 Å². The number of likely N-dealkylation sites (tertiary alicyclic amines) is 1. The number of nitrogens with zero attached hydrogens (tertiary/aromatic N) is 1. The van der Waals surface area contributed by atoms with Gasteiger partial charge in [0.1, 0.15) is 12.1 Å². The SMILES string of the molecule is COC(=O)C1CCCN1C(=O)N[C@H](C)C(=O)O. The molecule has 1 heterocycles. The molecule has 1 unspecified atom stereocenters. The van der Waals surface area contributed by atoms with Gasteiger partial charge >= 0.3 is 18.0 Å². The molecular weight excluding hydrogens is 228 g/mol. The van der Waals surface area contributed by atoms with Crippen molar-refractivity contribution in [2.45, 2.75) is 31.8 Å². The Morgan fingerprint density at radius 1 is 1.47 bits per heavy atom. The molecule has 0 saturated carbocycles. The summed E-state index contributed by atoms with van der Waals surface area (Å²) >= 11 is 0. The number of urea groups is 1. The molecule has 1 fully saturated rings. The van der Waals surface area contributed by atoms with Crippen molar-refractivity contribution in [1.29, 1.82) is 0 Å². The minimum Gasteiger partial charge on any atom is -0.480 e. The lowest BCUT2D eigenvalue weighted by molar-refractivity contribution is -0.144. The van der Waals surface area contributed by atoms with E-state index in [2.05, 4.69) is 10.1 Å². The number of rotatable bonds is 3. The van der Waals surface area contributed by atoms with Crippen LogP contribution in [0.1, 0.15) is 19.8 Å². The maximum Gasteiger partial charge on any atom is 0.328 e. The first-order valence-electron chi connectivity index (χ1n) is 5.35. The molecule has 1 rings (SSSR count). The molecule has 96 valence electrons. The average Bonchev–Trinajstić information content (AvgIpc) is 2.76. The van der Waals surface area contributed by atoms with Crippen LogP contribution in [0.15, 0.2) is 0 Å². The molecule has 0 radical (unpaired) electrons. The van der Waals surface area contributed by atoms with Crippen molar-refractivity contribution >= 4 is 18.0 Å². The Hall–Kier alpha value is -1.79. The number of amides is 2. The fourth-order valence-corrected chi connectivity index (χ4v) is 1.72. The van der Waals surface area contributed by atoms with Crippen molar-refractivity contribution in [1.82, 2.24) is 10.2 Å². The predicted octanol–water partition coefficient (Wildman–Crippen LogP) is -0.193. The minimum absolute atomic E-state index is 0.429. The molecule has 2 N–H and O–H groups in total. The normalized spacial score (nSPS) is 20.8. The van der Waals surface area contributed by atoms with Crippen LogP contribution in [0.3, 0.4) is 0 Å². The molecule has 7 heteroatoms. The van der Waals surface area contributed by atoms with Crippen molar-refractivity contribution in [3.8, 4) is 0 Å². The van der Waals surface area contributed by atoms with Crippen LogP contribution in [0.2, 0.25) is 0 Å². The summed E-state index contributed by atoms with van der Waals surface area (Å²) in [6, 6.07) is -2.14. The van der Waals surface area contributed by atoms with E-state index in [1.165, 1.54) is 18.9 Å². The summed E-state index contributed by atoms with van der Waals surface area (Å²) in [6.07, 6.45) is 1.25. The molecule has 17 heavy (non-hydrogen) atoms. The zero-order valence-corrected chi connectivity index (χ0v) is 9.80. The fourth-order valence-electron chi connectivity index (χ4n) is 1.72. The van der Waals surface area contributed by atoms with Gasteiger partial charge in [0, 0.05) is 6.54 Å². The van der Waals surface area contributed by atoms with Gasteiger partial charge in [0.15, 0.2) is 0 Å². The van der Waals surface area contributed by atoms with Gasteiger partial charge in [0.2, 0.25) is 0 Å². The average molecular weight is 244 g/mol. The topological polar surface area (TPSA) is 95.9 Å². The summed E-state index contributed by atoms with van der Waals surface area (Å²) in [7, 11) is 1.26. The van der Waals surface area contributed by atoms with Gasteiger partial charge in [-0.25, -0.2) is 9.59 Å². The number of esters is 1. The second-order valence-corrected chi connectivity index (χ2v) is 3.88. The van der Waals surface area contributed by atoms with E-state index in [0.29, 0.717) is 19.4 Å². The molecule has 2 amide bonds. The maximum atomic E-state index is 11.7. The van der Waals surface area contributed by atoms with Gasteiger partial charge in [-0.15, -0.1) is 0 Å². The first-order valence-corrected chi connectivity index (χ1v) is 5.35. The van der Waals surface area contributed by atoms with Crippen LogP contribution in [-0.2, 0) is 14.3 Å². The highest BCUT2D eigenvalue weighted by molar-refractivity contribution is 5.86. The van der Waals surface area contributed by atoms with Gasteiger partial charge < -0.3 is 20.1 Å². The van der Waals surface area contributed by atoms with Gasteiger partial charge in [-0.2, -0.15) is 0 Å². The maximum absolute atomic E-state index is 11.7. The summed E-state index contributed by atoms with van der Waals surface area (Å²) in [4.78, 5) is 35.0. The van der Waals surface area contributed by atoms with Crippen molar-refractivity contribution in [2.24, 2.45) is 0 Å². The number of aliphatic carboxylic acids is 1. The Morgan fingerprint density at radius 2 is 2.12 bits per heavy atom. The van der Waals surface area contributed by atoms with Crippen LogP contribution in [0.25, 0.3) is 0 Å². The smallest absolute Gasteiger partial charge is 0.328 e. The third-order valence-electron chi connectivity index (χ3n) is 2.70. The van der Waals surface area contributed by atoms with Gasteiger partial charge in [0.05, 0.1) is 7.11 Å². The first-order chi connectivity index (χ1) is 7.97. The Morgan fingerprint density at radius 3 is 2.65 bits per heavy atom. The number of carboxylic acid groups (broad SMARTS) is 1. The lowest BCUT2D eigenvalue weighted by Gasteiger charge is -2.24. The Labute approximate surface area is 98.7 Å². The molecule has 0 spiro atoms. The van der Waals surface area contributed by atoms with E-state index < -0.39 is 30.1 Å². The molecule has 0 aliphatic carbocycles. The third kappa shape index (κ3) is 3.08.